The summed E-state index contributed by atoms with van der Waals surface area (Å²) in [6, 6.07) is 0. The number of hydrogen-bond acceptors (Lipinski definition) is 0. The summed E-state index contributed by atoms with van der Waals surface area (Å²) in [5.41, 5.74) is 8.75. The molecule has 0 nitrogen and oxygen atoms in total. The van der Waals surface area contributed by atoms with Crippen molar-refractivity contribution >= 4 is 0 Å². The largest absolute Gasteiger partial charge is 0.0988 e. The van der Waals surface area contributed by atoms with Crippen LogP contribution in [0.15, 0.2) is 82.5 Å². The molecule has 0 spiro atoms. The summed E-state index contributed by atoms with van der Waals surface area (Å²) in [7, 11) is 0. The van der Waals surface area contributed by atoms with E-state index in [-0.39, 0.29) is 0 Å². The van der Waals surface area contributed by atoms with Crippen molar-refractivity contribution in [2.45, 2.75) is 113 Å². The molecule has 0 aliphatic heterocycles. The molecule has 0 aromatic heterocycles. The summed E-state index contributed by atoms with van der Waals surface area (Å²) in [6.07, 6.45) is 27.8. The fraction of sp³-hybridized carbons (Fsp3) is 0.548. The van der Waals surface area contributed by atoms with E-state index in [1.54, 1.807) is 0 Å². The van der Waals surface area contributed by atoms with E-state index in [1.807, 2.05) is 6.08 Å². The predicted molar refractivity (Wildman–Crippen MR) is 145 cm³/mol. The average Bonchev–Trinajstić information content (AvgIpc) is 2.69. The number of rotatable bonds is 16. The monoisotopic (exact) mass is 422 g/mol. The van der Waals surface area contributed by atoms with Gasteiger partial charge in [0.2, 0.25) is 0 Å². The molecule has 0 heterocycles. The molecule has 0 saturated heterocycles. The SMILES string of the molecule is C=C/C(=C\CC/C(C)=C/CC/C=C(\C)CC/C=C(\C)CCC=C(C)C)CCC=C(C)C. The Balaban J connectivity index is 4.16. The maximum Gasteiger partial charge on any atom is -0.0247 e. The van der Waals surface area contributed by atoms with Crippen LogP contribution in [0.2, 0.25) is 0 Å². The quantitative estimate of drug-likeness (QED) is 0.132. The van der Waals surface area contributed by atoms with E-state index in [9.17, 15) is 0 Å². The Bertz CT molecular complexity index is 678. The molecule has 0 N–H and O–H groups in total. The first kappa shape index (κ1) is 29.2. The molecular weight excluding hydrogens is 372 g/mol. The Morgan fingerprint density at radius 2 is 0.806 bits per heavy atom. The summed E-state index contributed by atoms with van der Waals surface area (Å²) >= 11 is 0. The van der Waals surface area contributed by atoms with Gasteiger partial charge in [-0.3, -0.25) is 0 Å². The number of hydrogen-bond donors (Lipinski definition) is 0. The Hall–Kier alpha value is -1.82. The standard InChI is InChI=1S/C31H50/c1-9-31(24-13-17-27(4)5)25-15-23-29(7)19-11-10-18-28(6)21-14-22-30(8)20-12-16-26(2)3/h9,16-19,22,25H,1,10-15,20-21,23-24H2,2-8H3/b28-18+,29-19+,30-22+,31-25+. The third-order valence-electron chi connectivity index (χ3n) is 5.47. The lowest BCUT2D eigenvalue weighted by Gasteiger charge is -2.03. The Morgan fingerprint density at radius 1 is 0.452 bits per heavy atom. The summed E-state index contributed by atoms with van der Waals surface area (Å²) < 4.78 is 0. The van der Waals surface area contributed by atoms with Crippen LogP contribution >= 0.6 is 0 Å². The Kier molecular flexibility index (Phi) is 17.8. The van der Waals surface area contributed by atoms with Crippen LogP contribution in [0.5, 0.6) is 0 Å². The van der Waals surface area contributed by atoms with Crippen LogP contribution in [0.4, 0.5) is 0 Å². The molecule has 0 heteroatoms. The van der Waals surface area contributed by atoms with Crippen molar-refractivity contribution < 1.29 is 0 Å². The molecule has 0 fully saturated rings. The second-order valence-corrected chi connectivity index (χ2v) is 9.43. The third-order valence-corrected chi connectivity index (χ3v) is 5.47. The van der Waals surface area contributed by atoms with Gasteiger partial charge in [-0.25, -0.2) is 0 Å². The molecule has 0 aromatic carbocycles. The first-order valence-electron chi connectivity index (χ1n) is 12.3. The molecule has 0 aliphatic rings. The van der Waals surface area contributed by atoms with Crippen molar-refractivity contribution in [3.05, 3.63) is 82.5 Å². The van der Waals surface area contributed by atoms with Gasteiger partial charge in [0.1, 0.15) is 0 Å². The minimum atomic E-state index is 1.10. The molecule has 0 aliphatic carbocycles. The highest BCUT2D eigenvalue weighted by Crippen LogP contribution is 2.15. The average molecular weight is 423 g/mol. The van der Waals surface area contributed by atoms with Gasteiger partial charge in [-0.05, 0) is 113 Å². The van der Waals surface area contributed by atoms with Gasteiger partial charge in [-0.1, -0.05) is 82.5 Å². The van der Waals surface area contributed by atoms with Crippen molar-refractivity contribution in [1.82, 2.24) is 0 Å². The molecule has 0 amide bonds. The van der Waals surface area contributed by atoms with Gasteiger partial charge < -0.3 is 0 Å². The Labute approximate surface area is 195 Å². The summed E-state index contributed by atoms with van der Waals surface area (Å²) in [5.74, 6) is 0. The molecule has 174 valence electrons. The van der Waals surface area contributed by atoms with E-state index in [2.05, 4.69) is 91.5 Å². The lowest BCUT2D eigenvalue weighted by atomic mass is 10.0. The minimum Gasteiger partial charge on any atom is -0.0988 e. The highest BCUT2D eigenvalue weighted by atomic mass is 14.0. The highest BCUT2D eigenvalue weighted by Gasteiger charge is 1.95. The normalized spacial score (nSPS) is 13.3. The van der Waals surface area contributed by atoms with Crippen LogP contribution < -0.4 is 0 Å². The molecular formula is C31H50. The van der Waals surface area contributed by atoms with Crippen LogP contribution in [0.3, 0.4) is 0 Å². The van der Waals surface area contributed by atoms with Crippen molar-refractivity contribution in [3.8, 4) is 0 Å². The molecule has 0 atom stereocenters. The molecule has 0 rings (SSSR count). The number of unbranched alkanes of at least 4 members (excludes halogenated alkanes) is 1. The van der Waals surface area contributed by atoms with Crippen LogP contribution in [-0.2, 0) is 0 Å². The number of allylic oxidation sites excluding steroid dienone is 13. The smallest absolute Gasteiger partial charge is 0.0247 e. The lowest BCUT2D eigenvalue weighted by molar-refractivity contribution is 0.899. The van der Waals surface area contributed by atoms with Crippen LogP contribution in [0.25, 0.3) is 0 Å². The van der Waals surface area contributed by atoms with Gasteiger partial charge in [0, 0.05) is 0 Å². The van der Waals surface area contributed by atoms with Gasteiger partial charge in [0.25, 0.3) is 0 Å². The zero-order chi connectivity index (χ0) is 23.5. The predicted octanol–water partition coefficient (Wildman–Crippen LogP) is 10.8. The third kappa shape index (κ3) is 19.9. The zero-order valence-corrected chi connectivity index (χ0v) is 21.8. The fourth-order valence-corrected chi connectivity index (χ4v) is 3.40. The van der Waals surface area contributed by atoms with E-state index >= 15 is 0 Å². The van der Waals surface area contributed by atoms with E-state index in [0.29, 0.717) is 0 Å². The van der Waals surface area contributed by atoms with Gasteiger partial charge in [0.15, 0.2) is 0 Å². The molecule has 0 aromatic rings. The van der Waals surface area contributed by atoms with Crippen LogP contribution in [-0.4, -0.2) is 0 Å². The van der Waals surface area contributed by atoms with Gasteiger partial charge >= 0.3 is 0 Å². The van der Waals surface area contributed by atoms with Gasteiger partial charge in [0.05, 0.1) is 0 Å². The molecule has 31 heavy (non-hydrogen) atoms. The summed E-state index contributed by atoms with van der Waals surface area (Å²) in [4.78, 5) is 0. The Morgan fingerprint density at radius 3 is 1.23 bits per heavy atom. The van der Waals surface area contributed by atoms with Crippen molar-refractivity contribution in [2.24, 2.45) is 0 Å². The molecule has 0 saturated carbocycles. The van der Waals surface area contributed by atoms with E-state index < -0.39 is 0 Å². The molecule has 0 unspecified atom stereocenters. The second-order valence-electron chi connectivity index (χ2n) is 9.43. The van der Waals surface area contributed by atoms with Crippen molar-refractivity contribution in [3.63, 3.8) is 0 Å². The van der Waals surface area contributed by atoms with Crippen molar-refractivity contribution in [2.75, 3.05) is 0 Å². The first-order valence-corrected chi connectivity index (χ1v) is 12.3. The van der Waals surface area contributed by atoms with Gasteiger partial charge in [-0.2, -0.15) is 0 Å². The fourth-order valence-electron chi connectivity index (χ4n) is 3.40. The summed E-state index contributed by atoms with van der Waals surface area (Å²) in [6.45, 7) is 19.4. The van der Waals surface area contributed by atoms with Crippen molar-refractivity contribution in [1.29, 1.82) is 0 Å². The van der Waals surface area contributed by atoms with E-state index in [4.69, 9.17) is 0 Å². The molecule has 0 bridgehead atoms. The van der Waals surface area contributed by atoms with Gasteiger partial charge in [-0.15, -0.1) is 0 Å². The maximum absolute atomic E-state index is 3.97. The summed E-state index contributed by atoms with van der Waals surface area (Å²) in [5, 5.41) is 0. The molecule has 0 radical (unpaired) electrons. The van der Waals surface area contributed by atoms with Crippen LogP contribution in [0, 0.1) is 0 Å². The van der Waals surface area contributed by atoms with Crippen LogP contribution in [0.1, 0.15) is 113 Å². The second kappa shape index (κ2) is 18.9. The lowest BCUT2D eigenvalue weighted by Crippen LogP contribution is -1.83. The highest BCUT2D eigenvalue weighted by molar-refractivity contribution is 5.17. The van der Waals surface area contributed by atoms with E-state index in [0.717, 1.165) is 38.5 Å². The maximum atomic E-state index is 3.97. The zero-order valence-electron chi connectivity index (χ0n) is 21.8. The first-order chi connectivity index (χ1) is 14.7. The topological polar surface area (TPSA) is 0 Å². The minimum absolute atomic E-state index is 1.10. The van der Waals surface area contributed by atoms with E-state index in [1.165, 1.54) is 59.1 Å².